The first-order chi connectivity index (χ1) is 15.6. The van der Waals surface area contributed by atoms with Crippen molar-refractivity contribution in [1.82, 2.24) is 19.9 Å². The minimum Gasteiger partial charge on any atom is -0.396 e. The summed E-state index contributed by atoms with van der Waals surface area (Å²) in [6.07, 6.45) is -4.91. The fraction of sp³-hybridized carbons (Fsp3) is 0.500. The lowest BCUT2D eigenvalue weighted by atomic mass is 10.1. The third-order valence-electron chi connectivity index (χ3n) is 5.52. The molecule has 4 atom stereocenters. The third kappa shape index (κ3) is 5.00. The van der Waals surface area contributed by atoms with Crippen LogP contribution in [0, 0.1) is 19.8 Å². The van der Waals surface area contributed by atoms with Crippen molar-refractivity contribution in [1.29, 1.82) is 0 Å². The number of anilines is 2. The van der Waals surface area contributed by atoms with Crippen molar-refractivity contribution in [2.45, 2.75) is 44.7 Å². The zero-order valence-corrected chi connectivity index (χ0v) is 18.6. The average Bonchev–Trinajstić information content (AvgIpc) is 3.26. The Balaban J connectivity index is 1.75. The fourth-order valence-corrected chi connectivity index (χ4v) is 4.98. The number of aryl methyl sites for hydroxylation is 2. The Kier molecular flexibility index (Phi) is 6.40. The number of rotatable bonds is 6. The monoisotopic (exact) mass is 484 g/mol. The highest BCUT2D eigenvalue weighted by atomic mass is 32.1. The van der Waals surface area contributed by atoms with Crippen LogP contribution in [0.4, 0.5) is 24.9 Å². The highest BCUT2D eigenvalue weighted by Crippen LogP contribution is 2.38. The lowest BCUT2D eigenvalue weighted by Crippen LogP contribution is -2.36. The van der Waals surface area contributed by atoms with Crippen LogP contribution in [-0.4, -0.2) is 72.8 Å². The molecule has 1 fully saturated rings. The molecule has 1 aliphatic carbocycles. The summed E-state index contributed by atoms with van der Waals surface area (Å²) in [6.45, 7) is 1.86. The normalized spacial score (nSPS) is 23.3. The summed E-state index contributed by atoms with van der Waals surface area (Å²) in [5.41, 5.74) is 2.32. The largest absolute Gasteiger partial charge is 0.405 e. The topological polar surface area (TPSA) is 136 Å². The van der Waals surface area contributed by atoms with Gasteiger partial charge in [0.05, 0.1) is 34.3 Å². The number of nitrogens with zero attached hydrogens (tertiary/aromatic N) is 4. The molecule has 0 aromatic carbocycles. The molecule has 1 saturated carbocycles. The average molecular weight is 485 g/mol. The predicted octanol–water partition coefficient (Wildman–Crippen LogP) is 2.25. The van der Waals surface area contributed by atoms with Crippen molar-refractivity contribution in [3.8, 4) is 10.6 Å². The van der Waals surface area contributed by atoms with Crippen molar-refractivity contribution in [3.63, 3.8) is 0 Å². The van der Waals surface area contributed by atoms with Crippen LogP contribution in [0.5, 0.6) is 0 Å². The van der Waals surface area contributed by atoms with Gasteiger partial charge in [-0.2, -0.15) is 18.2 Å². The molecule has 0 radical (unpaired) electrons. The van der Waals surface area contributed by atoms with Crippen LogP contribution in [0.2, 0.25) is 0 Å². The molecule has 0 saturated heterocycles. The number of aromatic nitrogens is 4. The van der Waals surface area contributed by atoms with E-state index in [1.54, 1.807) is 13.1 Å². The summed E-state index contributed by atoms with van der Waals surface area (Å²) in [6, 6.07) is 1.20. The number of nitrogens with one attached hydrogen (secondary N) is 2. The van der Waals surface area contributed by atoms with Crippen molar-refractivity contribution in [3.05, 3.63) is 23.7 Å². The highest BCUT2D eigenvalue weighted by molar-refractivity contribution is 7.21. The SMILES string of the molecule is Cc1cc2sc(-c3c(C)nc(NCC(F)(F)F)nc3NC3CC(CO)C(O)C3O)nc2cn1. The van der Waals surface area contributed by atoms with Crippen LogP contribution in [0.3, 0.4) is 0 Å². The molecule has 178 valence electrons. The van der Waals surface area contributed by atoms with Crippen LogP contribution in [-0.2, 0) is 0 Å². The van der Waals surface area contributed by atoms with Gasteiger partial charge in [-0.05, 0) is 26.3 Å². The second kappa shape index (κ2) is 8.97. The first-order valence-electron chi connectivity index (χ1n) is 10.2. The van der Waals surface area contributed by atoms with E-state index >= 15 is 0 Å². The van der Waals surface area contributed by atoms with Crippen LogP contribution >= 0.6 is 11.3 Å². The van der Waals surface area contributed by atoms with E-state index in [9.17, 15) is 28.5 Å². The lowest BCUT2D eigenvalue weighted by Gasteiger charge is -2.21. The predicted molar refractivity (Wildman–Crippen MR) is 117 cm³/mol. The standard InChI is InChI=1S/C20H23F3N6O3S/c1-8-3-13-12(5-24-8)28-18(33-13)14-9(2)26-19(25-7-20(21,22)23)29-17(14)27-11-4-10(6-30)15(31)16(11)32/h3,5,10-11,15-16,30-32H,4,6-7H2,1-2H3,(H2,25,26,27,29). The van der Waals surface area contributed by atoms with Gasteiger partial charge in [0, 0.05) is 18.2 Å². The van der Waals surface area contributed by atoms with Gasteiger partial charge in [0.1, 0.15) is 29.0 Å². The van der Waals surface area contributed by atoms with E-state index in [1.165, 1.54) is 11.3 Å². The summed E-state index contributed by atoms with van der Waals surface area (Å²) in [5, 5.41) is 35.8. The van der Waals surface area contributed by atoms with E-state index in [0.29, 0.717) is 21.8 Å². The first-order valence-corrected chi connectivity index (χ1v) is 11.0. The smallest absolute Gasteiger partial charge is 0.396 e. The minimum atomic E-state index is -4.46. The van der Waals surface area contributed by atoms with Crippen LogP contribution in [0.15, 0.2) is 12.3 Å². The number of hydrogen-bond donors (Lipinski definition) is 5. The van der Waals surface area contributed by atoms with Crippen molar-refractivity contribution in [2.75, 3.05) is 23.8 Å². The van der Waals surface area contributed by atoms with Crippen LogP contribution in [0.25, 0.3) is 20.8 Å². The number of aliphatic hydroxyl groups is 3. The molecular weight excluding hydrogens is 461 g/mol. The molecule has 0 bridgehead atoms. The quantitative estimate of drug-likeness (QED) is 0.357. The number of aliphatic hydroxyl groups excluding tert-OH is 3. The summed E-state index contributed by atoms with van der Waals surface area (Å²) in [4.78, 5) is 17.2. The molecule has 3 aromatic heterocycles. The Morgan fingerprint density at radius 2 is 1.91 bits per heavy atom. The maximum atomic E-state index is 12.7. The number of fused-ring (bicyclic) bond motifs is 1. The Morgan fingerprint density at radius 3 is 2.58 bits per heavy atom. The van der Waals surface area contributed by atoms with Gasteiger partial charge in [-0.1, -0.05) is 0 Å². The number of pyridine rings is 1. The van der Waals surface area contributed by atoms with Gasteiger partial charge in [-0.25, -0.2) is 9.97 Å². The van der Waals surface area contributed by atoms with E-state index in [1.807, 2.05) is 13.0 Å². The van der Waals surface area contributed by atoms with Crippen LogP contribution in [0.1, 0.15) is 17.8 Å². The van der Waals surface area contributed by atoms with Crippen molar-refractivity contribution in [2.24, 2.45) is 5.92 Å². The summed E-state index contributed by atoms with van der Waals surface area (Å²) in [5.74, 6) is -0.601. The molecule has 3 heterocycles. The Bertz CT molecular complexity index is 1160. The Morgan fingerprint density at radius 1 is 1.15 bits per heavy atom. The molecular formula is C20H23F3N6O3S. The number of halogens is 3. The zero-order valence-electron chi connectivity index (χ0n) is 17.8. The fourth-order valence-electron chi connectivity index (χ4n) is 3.85. The van der Waals surface area contributed by atoms with Gasteiger partial charge in [-0.3, -0.25) is 4.98 Å². The molecule has 4 rings (SSSR count). The van der Waals surface area contributed by atoms with Gasteiger partial charge in [0.25, 0.3) is 0 Å². The number of thiazole rings is 1. The highest BCUT2D eigenvalue weighted by Gasteiger charge is 2.41. The molecule has 0 aliphatic heterocycles. The molecule has 9 nitrogen and oxygen atoms in total. The van der Waals surface area contributed by atoms with E-state index in [0.717, 1.165) is 10.4 Å². The molecule has 13 heteroatoms. The lowest BCUT2D eigenvalue weighted by molar-refractivity contribution is -0.115. The first kappa shape index (κ1) is 23.5. The minimum absolute atomic E-state index is 0.172. The van der Waals surface area contributed by atoms with Gasteiger partial charge >= 0.3 is 6.18 Å². The number of hydrogen-bond acceptors (Lipinski definition) is 10. The van der Waals surface area contributed by atoms with Crippen molar-refractivity contribution < 1.29 is 28.5 Å². The van der Waals surface area contributed by atoms with Gasteiger partial charge < -0.3 is 26.0 Å². The Labute approximate surface area is 190 Å². The zero-order chi connectivity index (χ0) is 23.9. The van der Waals surface area contributed by atoms with Crippen LogP contribution < -0.4 is 10.6 Å². The van der Waals surface area contributed by atoms with E-state index in [4.69, 9.17) is 0 Å². The second-order valence-electron chi connectivity index (χ2n) is 8.05. The van der Waals surface area contributed by atoms with Gasteiger partial charge in [0.2, 0.25) is 5.95 Å². The molecule has 1 aliphatic rings. The third-order valence-corrected chi connectivity index (χ3v) is 6.56. The Hall–Kier alpha value is -2.61. The maximum absolute atomic E-state index is 12.7. The number of alkyl halides is 3. The summed E-state index contributed by atoms with van der Waals surface area (Å²) < 4.78 is 39.0. The molecule has 5 N–H and O–H groups in total. The summed E-state index contributed by atoms with van der Waals surface area (Å²) >= 11 is 1.36. The van der Waals surface area contributed by atoms with Crippen molar-refractivity contribution >= 4 is 33.3 Å². The molecule has 0 amide bonds. The maximum Gasteiger partial charge on any atom is 0.405 e. The molecule has 0 spiro atoms. The molecule has 33 heavy (non-hydrogen) atoms. The van der Waals surface area contributed by atoms with E-state index < -0.39 is 36.9 Å². The van der Waals surface area contributed by atoms with Gasteiger partial charge in [0.15, 0.2) is 0 Å². The molecule has 4 unspecified atom stereocenters. The summed E-state index contributed by atoms with van der Waals surface area (Å²) in [7, 11) is 0. The van der Waals surface area contributed by atoms with E-state index in [-0.39, 0.29) is 24.8 Å². The molecule has 3 aromatic rings. The second-order valence-corrected chi connectivity index (χ2v) is 9.08. The van der Waals surface area contributed by atoms with E-state index in [2.05, 4.69) is 30.6 Å². The van der Waals surface area contributed by atoms with Gasteiger partial charge in [-0.15, -0.1) is 11.3 Å².